The lowest BCUT2D eigenvalue weighted by molar-refractivity contribution is -0.143. The maximum absolute atomic E-state index is 11.9. The van der Waals surface area contributed by atoms with Crippen LogP contribution in [0.15, 0.2) is 40.5 Å². The Kier molecular flexibility index (Phi) is 8.82. The van der Waals surface area contributed by atoms with E-state index in [2.05, 4.69) is 26.8 Å². The van der Waals surface area contributed by atoms with Gasteiger partial charge in [0.25, 0.3) is 0 Å². The molecule has 1 rings (SSSR count). The number of rotatable bonds is 9. The van der Waals surface area contributed by atoms with E-state index in [-0.39, 0.29) is 24.7 Å². The average Bonchev–Trinajstić information content (AvgIpc) is 2.51. The van der Waals surface area contributed by atoms with Crippen LogP contribution in [-0.4, -0.2) is 25.2 Å². The summed E-state index contributed by atoms with van der Waals surface area (Å²) in [7, 11) is 0. The largest absolute Gasteiger partial charge is 0.466 e. The zero-order valence-electron chi connectivity index (χ0n) is 13.2. The van der Waals surface area contributed by atoms with Crippen LogP contribution in [0, 0.1) is 0 Å². The van der Waals surface area contributed by atoms with Crippen molar-refractivity contribution in [3.8, 4) is 0 Å². The topological polar surface area (TPSA) is 76.7 Å². The highest BCUT2D eigenvalue weighted by molar-refractivity contribution is 9.10. The highest BCUT2D eigenvalue weighted by Crippen LogP contribution is 2.15. The number of halogens is 1. The van der Waals surface area contributed by atoms with Gasteiger partial charge in [0.05, 0.1) is 18.9 Å². The summed E-state index contributed by atoms with van der Waals surface area (Å²) in [4.78, 5) is 23.2. The van der Waals surface area contributed by atoms with Gasteiger partial charge in [-0.05, 0) is 38.5 Å². The Morgan fingerprint density at radius 1 is 1.22 bits per heavy atom. The Morgan fingerprint density at radius 3 is 2.61 bits per heavy atom. The van der Waals surface area contributed by atoms with Gasteiger partial charge in [-0.1, -0.05) is 28.1 Å². The smallest absolute Gasteiger partial charge is 0.355 e. The summed E-state index contributed by atoms with van der Waals surface area (Å²) < 4.78 is 10.7. The summed E-state index contributed by atoms with van der Waals surface area (Å²) in [5.41, 5.74) is 6.76. The Morgan fingerprint density at radius 2 is 1.96 bits per heavy atom. The maximum atomic E-state index is 11.9. The molecule has 0 aromatic heterocycles. The predicted octanol–water partition coefficient (Wildman–Crippen LogP) is 3.16. The molecule has 1 aromatic rings. The lowest BCUT2D eigenvalue weighted by Crippen LogP contribution is -2.27. The van der Waals surface area contributed by atoms with Crippen LogP contribution < -0.4 is 10.9 Å². The molecule has 0 fully saturated rings. The first kappa shape index (κ1) is 19.0. The Hall–Kier alpha value is -2.02. The number of hydrogen-bond donors (Lipinski definition) is 2. The normalized spacial score (nSPS) is 10.8. The van der Waals surface area contributed by atoms with Crippen LogP contribution in [0.2, 0.25) is 0 Å². The van der Waals surface area contributed by atoms with Crippen LogP contribution in [0.3, 0.4) is 0 Å². The molecular formula is C16H21BrN2O4. The Balaban J connectivity index is 2.64. The van der Waals surface area contributed by atoms with Crippen molar-refractivity contribution in [2.75, 3.05) is 18.6 Å². The van der Waals surface area contributed by atoms with Crippen LogP contribution in [0.5, 0.6) is 0 Å². The highest BCUT2D eigenvalue weighted by Gasteiger charge is 2.10. The monoisotopic (exact) mass is 384 g/mol. The van der Waals surface area contributed by atoms with Gasteiger partial charge in [0.2, 0.25) is 0 Å². The number of nitrogens with one attached hydrogen (secondary N) is 2. The molecule has 0 heterocycles. The van der Waals surface area contributed by atoms with E-state index in [0.29, 0.717) is 13.0 Å². The van der Waals surface area contributed by atoms with E-state index < -0.39 is 5.97 Å². The Bertz CT molecular complexity index is 561. The molecule has 0 atom stereocenters. The standard InChI is InChI=1S/C16H21BrN2O4/c1-3-22-15(20)10-6-9-14(16(21)23-4-2)19-18-13-8-5-7-12(17)11-13/h5,7-9,11,18-19H,3-4,6,10H2,1-2H3/b14-9+. The fourth-order valence-electron chi connectivity index (χ4n) is 1.67. The maximum Gasteiger partial charge on any atom is 0.355 e. The van der Waals surface area contributed by atoms with Crippen molar-refractivity contribution < 1.29 is 19.1 Å². The average molecular weight is 385 g/mol. The van der Waals surface area contributed by atoms with Gasteiger partial charge in [0.15, 0.2) is 0 Å². The van der Waals surface area contributed by atoms with Crippen molar-refractivity contribution in [3.63, 3.8) is 0 Å². The van der Waals surface area contributed by atoms with E-state index in [1.165, 1.54) is 0 Å². The van der Waals surface area contributed by atoms with Crippen molar-refractivity contribution in [2.45, 2.75) is 26.7 Å². The van der Waals surface area contributed by atoms with Gasteiger partial charge in [0, 0.05) is 10.9 Å². The second-order valence-corrected chi connectivity index (χ2v) is 5.36. The number of esters is 2. The second-order valence-electron chi connectivity index (χ2n) is 4.44. The summed E-state index contributed by atoms with van der Waals surface area (Å²) in [6.45, 7) is 4.10. The van der Waals surface area contributed by atoms with Crippen LogP contribution in [0.25, 0.3) is 0 Å². The number of carbonyl (C=O) groups excluding carboxylic acids is 2. The molecule has 2 N–H and O–H groups in total. The summed E-state index contributed by atoms with van der Waals surface area (Å²) in [6, 6.07) is 7.46. The number of allylic oxidation sites excluding steroid dienone is 1. The fourth-order valence-corrected chi connectivity index (χ4v) is 2.07. The summed E-state index contributed by atoms with van der Waals surface area (Å²) in [6.07, 6.45) is 2.19. The van der Waals surface area contributed by atoms with Gasteiger partial charge in [-0.25, -0.2) is 4.79 Å². The van der Waals surface area contributed by atoms with E-state index in [1.54, 1.807) is 19.9 Å². The van der Waals surface area contributed by atoms with Gasteiger partial charge >= 0.3 is 11.9 Å². The fraction of sp³-hybridized carbons (Fsp3) is 0.375. The van der Waals surface area contributed by atoms with Crippen LogP contribution in [0.1, 0.15) is 26.7 Å². The third-order valence-electron chi connectivity index (χ3n) is 2.66. The van der Waals surface area contributed by atoms with Gasteiger partial charge in [0.1, 0.15) is 5.70 Å². The van der Waals surface area contributed by atoms with Crippen LogP contribution in [0.4, 0.5) is 5.69 Å². The van der Waals surface area contributed by atoms with Crippen LogP contribution >= 0.6 is 15.9 Å². The number of carbonyl (C=O) groups is 2. The first-order valence-corrected chi connectivity index (χ1v) is 8.16. The first-order chi connectivity index (χ1) is 11.1. The number of ether oxygens (including phenoxy) is 2. The first-order valence-electron chi connectivity index (χ1n) is 7.37. The minimum absolute atomic E-state index is 0.204. The Labute approximate surface area is 144 Å². The van der Waals surface area contributed by atoms with Gasteiger partial charge < -0.3 is 14.9 Å². The van der Waals surface area contributed by atoms with Crippen molar-refractivity contribution in [2.24, 2.45) is 0 Å². The van der Waals surface area contributed by atoms with E-state index in [9.17, 15) is 9.59 Å². The molecule has 6 nitrogen and oxygen atoms in total. The molecule has 0 aliphatic heterocycles. The summed E-state index contributed by atoms with van der Waals surface area (Å²) in [5.74, 6) is -0.786. The van der Waals surface area contributed by atoms with Gasteiger partial charge in [-0.3, -0.25) is 10.2 Å². The van der Waals surface area contributed by atoms with E-state index in [0.717, 1.165) is 10.2 Å². The quantitative estimate of drug-likeness (QED) is 0.386. The zero-order valence-corrected chi connectivity index (χ0v) is 14.8. The summed E-state index contributed by atoms with van der Waals surface area (Å²) >= 11 is 3.37. The molecule has 1 aromatic carbocycles. The zero-order chi connectivity index (χ0) is 17.1. The number of benzene rings is 1. The molecule has 0 radical (unpaired) electrons. The summed E-state index contributed by atoms with van der Waals surface area (Å²) in [5, 5.41) is 0. The molecule has 0 bridgehead atoms. The van der Waals surface area contributed by atoms with Crippen molar-refractivity contribution >= 4 is 33.6 Å². The molecule has 0 aliphatic rings. The lowest BCUT2D eigenvalue weighted by atomic mass is 10.2. The van der Waals surface area contributed by atoms with Crippen molar-refractivity contribution in [3.05, 3.63) is 40.5 Å². The van der Waals surface area contributed by atoms with Crippen LogP contribution in [-0.2, 0) is 19.1 Å². The van der Waals surface area contributed by atoms with E-state index >= 15 is 0 Å². The van der Waals surface area contributed by atoms with Gasteiger partial charge in [-0.15, -0.1) is 0 Å². The number of hydrogen-bond acceptors (Lipinski definition) is 6. The molecule has 0 saturated carbocycles. The second kappa shape index (κ2) is 10.7. The molecule has 0 spiro atoms. The van der Waals surface area contributed by atoms with E-state index in [1.807, 2.05) is 24.3 Å². The third-order valence-corrected chi connectivity index (χ3v) is 3.16. The van der Waals surface area contributed by atoms with Crippen molar-refractivity contribution in [1.29, 1.82) is 0 Å². The molecule has 0 saturated heterocycles. The number of hydrazine groups is 1. The van der Waals surface area contributed by atoms with E-state index in [4.69, 9.17) is 9.47 Å². The predicted molar refractivity (Wildman–Crippen MR) is 91.5 cm³/mol. The van der Waals surface area contributed by atoms with Gasteiger partial charge in [-0.2, -0.15) is 0 Å². The SMILES string of the molecule is CCOC(=O)CC/C=C(/NNc1cccc(Br)c1)C(=O)OCC. The molecular weight excluding hydrogens is 364 g/mol. The highest BCUT2D eigenvalue weighted by atomic mass is 79.9. The molecule has 23 heavy (non-hydrogen) atoms. The minimum atomic E-state index is -0.487. The minimum Gasteiger partial charge on any atom is -0.466 e. The lowest BCUT2D eigenvalue weighted by Gasteiger charge is -2.12. The third kappa shape index (κ3) is 7.69. The molecule has 7 heteroatoms. The molecule has 0 unspecified atom stereocenters. The van der Waals surface area contributed by atoms with Crippen molar-refractivity contribution in [1.82, 2.24) is 5.43 Å². The number of anilines is 1. The molecule has 126 valence electrons. The molecule has 0 amide bonds. The molecule has 0 aliphatic carbocycles.